The zero-order chi connectivity index (χ0) is 24.5. The van der Waals surface area contributed by atoms with E-state index in [-0.39, 0.29) is 11.9 Å². The van der Waals surface area contributed by atoms with Gasteiger partial charge in [0.25, 0.3) is 5.91 Å². The van der Waals surface area contributed by atoms with Gasteiger partial charge in [0.2, 0.25) is 0 Å². The lowest BCUT2D eigenvalue weighted by atomic mass is 9.99. The number of piperazine rings is 1. The van der Waals surface area contributed by atoms with Gasteiger partial charge in [0.05, 0.1) is 22.4 Å². The maximum absolute atomic E-state index is 13.8. The molecule has 0 saturated carbocycles. The van der Waals surface area contributed by atoms with Gasteiger partial charge in [0.1, 0.15) is 5.56 Å². The summed E-state index contributed by atoms with van der Waals surface area (Å²) in [5.41, 5.74) is 3.78. The van der Waals surface area contributed by atoms with Gasteiger partial charge in [-0.05, 0) is 42.8 Å². The van der Waals surface area contributed by atoms with Crippen LogP contribution in [0.15, 0.2) is 77.3 Å². The van der Waals surface area contributed by atoms with Crippen molar-refractivity contribution in [3.8, 4) is 11.3 Å². The molecule has 0 bridgehead atoms. The molecular formula is C27H22Cl3N3O2. The molecule has 1 unspecified atom stereocenters. The maximum atomic E-state index is 13.8. The van der Waals surface area contributed by atoms with E-state index in [0.717, 1.165) is 16.8 Å². The zero-order valence-corrected chi connectivity index (χ0v) is 21.2. The van der Waals surface area contributed by atoms with Crippen molar-refractivity contribution in [2.24, 2.45) is 0 Å². The standard InChI is InChI=1S/C27H22Cl3N3O2/c1-17-25(26(35-31-17)19-5-3-2-4-6-19)27(34)32-13-14-33(23-12-11-21(29)15-22(23)30)24(16-32)18-7-9-20(28)10-8-18/h2-12,15,24H,13-14,16H2,1H3. The Morgan fingerprint density at radius 3 is 2.37 bits per heavy atom. The van der Waals surface area contributed by atoms with Crippen LogP contribution in [0.1, 0.15) is 27.7 Å². The molecule has 4 aromatic rings. The minimum atomic E-state index is -0.135. The van der Waals surface area contributed by atoms with Crippen LogP contribution >= 0.6 is 34.8 Å². The second-order valence-corrected chi connectivity index (χ2v) is 9.73. The molecule has 1 aromatic heterocycles. The Balaban J connectivity index is 1.50. The number of aromatic nitrogens is 1. The molecule has 1 amide bonds. The van der Waals surface area contributed by atoms with Gasteiger partial charge in [0.15, 0.2) is 5.76 Å². The quantitative estimate of drug-likeness (QED) is 0.280. The van der Waals surface area contributed by atoms with Crippen LogP contribution in [-0.4, -0.2) is 35.6 Å². The lowest BCUT2D eigenvalue weighted by Gasteiger charge is -2.43. The lowest BCUT2D eigenvalue weighted by Crippen LogP contribution is -2.50. The Morgan fingerprint density at radius 2 is 1.66 bits per heavy atom. The number of nitrogens with zero attached hydrogens (tertiary/aromatic N) is 3. The van der Waals surface area contributed by atoms with Gasteiger partial charge >= 0.3 is 0 Å². The van der Waals surface area contributed by atoms with Crippen molar-refractivity contribution < 1.29 is 9.32 Å². The van der Waals surface area contributed by atoms with E-state index in [0.29, 0.717) is 51.7 Å². The number of benzene rings is 3. The molecule has 8 heteroatoms. The minimum Gasteiger partial charge on any atom is -0.360 e. The summed E-state index contributed by atoms with van der Waals surface area (Å²) in [6, 6.07) is 22.6. The molecule has 5 nitrogen and oxygen atoms in total. The number of carbonyl (C=O) groups is 1. The van der Waals surface area contributed by atoms with Crippen LogP contribution < -0.4 is 4.90 Å². The molecule has 1 aliphatic rings. The molecule has 35 heavy (non-hydrogen) atoms. The second kappa shape index (κ2) is 9.94. The first-order valence-electron chi connectivity index (χ1n) is 11.2. The lowest BCUT2D eigenvalue weighted by molar-refractivity contribution is 0.0721. The number of halogens is 3. The van der Waals surface area contributed by atoms with Gasteiger partial charge in [-0.1, -0.05) is 82.4 Å². The summed E-state index contributed by atoms with van der Waals surface area (Å²) < 4.78 is 5.58. The van der Waals surface area contributed by atoms with E-state index in [1.54, 1.807) is 13.0 Å². The van der Waals surface area contributed by atoms with Gasteiger partial charge in [-0.2, -0.15) is 0 Å². The van der Waals surface area contributed by atoms with E-state index in [9.17, 15) is 4.79 Å². The van der Waals surface area contributed by atoms with Crippen LogP contribution in [0.2, 0.25) is 15.1 Å². The maximum Gasteiger partial charge on any atom is 0.259 e. The fourth-order valence-corrected chi connectivity index (χ4v) is 5.15. The van der Waals surface area contributed by atoms with Crippen molar-refractivity contribution in [3.63, 3.8) is 0 Å². The number of hydrogen-bond acceptors (Lipinski definition) is 4. The molecule has 3 aromatic carbocycles. The first-order valence-corrected chi connectivity index (χ1v) is 12.3. The monoisotopic (exact) mass is 525 g/mol. The number of carbonyl (C=O) groups excluding carboxylic acids is 1. The molecule has 1 fully saturated rings. The number of anilines is 1. The van der Waals surface area contributed by atoms with E-state index >= 15 is 0 Å². The van der Waals surface area contributed by atoms with Gasteiger partial charge in [-0.25, -0.2) is 0 Å². The summed E-state index contributed by atoms with van der Waals surface area (Å²) in [5.74, 6) is 0.378. The highest BCUT2D eigenvalue weighted by Crippen LogP contribution is 2.38. The molecule has 2 heterocycles. The van der Waals surface area contributed by atoms with Crippen LogP contribution in [0, 0.1) is 6.92 Å². The SMILES string of the molecule is Cc1noc(-c2ccccc2)c1C(=O)N1CCN(c2ccc(Cl)cc2Cl)C(c2ccc(Cl)cc2)C1. The Kier molecular flexibility index (Phi) is 6.74. The topological polar surface area (TPSA) is 49.6 Å². The van der Waals surface area contributed by atoms with Crippen molar-refractivity contribution in [1.82, 2.24) is 10.1 Å². The summed E-state index contributed by atoms with van der Waals surface area (Å²) in [6.07, 6.45) is 0. The molecule has 0 aliphatic carbocycles. The third-order valence-electron chi connectivity index (χ3n) is 6.25. The normalized spacial score (nSPS) is 15.9. The summed E-state index contributed by atoms with van der Waals surface area (Å²) in [7, 11) is 0. The number of rotatable bonds is 4. The highest BCUT2D eigenvalue weighted by atomic mass is 35.5. The van der Waals surface area contributed by atoms with Crippen molar-refractivity contribution in [3.05, 3.63) is 105 Å². The van der Waals surface area contributed by atoms with Crippen LogP contribution in [0.25, 0.3) is 11.3 Å². The Morgan fingerprint density at radius 1 is 0.943 bits per heavy atom. The van der Waals surface area contributed by atoms with Crippen LogP contribution in [0.4, 0.5) is 5.69 Å². The Bertz CT molecular complexity index is 1360. The number of amides is 1. The zero-order valence-electron chi connectivity index (χ0n) is 18.9. The number of aryl methyl sites for hydroxylation is 1. The first-order chi connectivity index (χ1) is 16.9. The molecule has 1 saturated heterocycles. The average molecular weight is 527 g/mol. The van der Waals surface area contributed by atoms with Crippen molar-refractivity contribution in [1.29, 1.82) is 0 Å². The summed E-state index contributed by atoms with van der Waals surface area (Å²) in [6.45, 7) is 3.36. The van der Waals surface area contributed by atoms with Gasteiger partial charge < -0.3 is 14.3 Å². The molecule has 0 N–H and O–H groups in total. The molecular weight excluding hydrogens is 505 g/mol. The van der Waals surface area contributed by atoms with Gasteiger partial charge in [-0.15, -0.1) is 0 Å². The highest BCUT2D eigenvalue weighted by molar-refractivity contribution is 6.36. The summed E-state index contributed by atoms with van der Waals surface area (Å²) >= 11 is 18.9. The third-order valence-corrected chi connectivity index (χ3v) is 7.04. The van der Waals surface area contributed by atoms with Crippen molar-refractivity contribution in [2.45, 2.75) is 13.0 Å². The predicted molar refractivity (Wildman–Crippen MR) is 141 cm³/mol. The fraction of sp³-hybridized carbons (Fsp3) is 0.185. The van der Waals surface area contributed by atoms with E-state index in [1.807, 2.05) is 71.6 Å². The molecule has 1 aliphatic heterocycles. The van der Waals surface area contributed by atoms with Crippen LogP contribution in [-0.2, 0) is 0 Å². The Labute approximate surface area is 218 Å². The fourth-order valence-electron chi connectivity index (χ4n) is 4.51. The molecule has 5 rings (SSSR count). The third kappa shape index (κ3) is 4.76. The summed E-state index contributed by atoms with van der Waals surface area (Å²) in [4.78, 5) is 17.9. The van der Waals surface area contributed by atoms with E-state index in [2.05, 4.69) is 10.1 Å². The smallest absolute Gasteiger partial charge is 0.259 e. The van der Waals surface area contributed by atoms with Crippen molar-refractivity contribution >= 4 is 46.4 Å². The highest BCUT2D eigenvalue weighted by Gasteiger charge is 2.34. The Hall–Kier alpha value is -2.99. The van der Waals surface area contributed by atoms with E-state index in [4.69, 9.17) is 39.3 Å². The van der Waals surface area contributed by atoms with Gasteiger partial charge in [0, 0.05) is 35.2 Å². The van der Waals surface area contributed by atoms with Crippen LogP contribution in [0.5, 0.6) is 0 Å². The minimum absolute atomic E-state index is 0.108. The molecule has 0 spiro atoms. The molecule has 178 valence electrons. The molecule has 0 radical (unpaired) electrons. The number of hydrogen-bond donors (Lipinski definition) is 0. The largest absolute Gasteiger partial charge is 0.360 e. The first kappa shape index (κ1) is 23.7. The van der Waals surface area contributed by atoms with Crippen LogP contribution in [0.3, 0.4) is 0 Å². The second-order valence-electron chi connectivity index (χ2n) is 8.45. The van der Waals surface area contributed by atoms with E-state index < -0.39 is 0 Å². The van der Waals surface area contributed by atoms with Gasteiger partial charge in [-0.3, -0.25) is 4.79 Å². The van der Waals surface area contributed by atoms with Crippen molar-refractivity contribution in [2.75, 3.05) is 24.5 Å². The van der Waals surface area contributed by atoms with E-state index in [1.165, 1.54) is 0 Å². The predicted octanol–water partition coefficient (Wildman–Crippen LogP) is 7.31. The average Bonchev–Trinajstić information content (AvgIpc) is 3.26. The molecule has 1 atom stereocenters. The summed E-state index contributed by atoms with van der Waals surface area (Å²) in [5, 5.41) is 5.90.